The van der Waals surface area contributed by atoms with Gasteiger partial charge in [0.2, 0.25) is 5.91 Å². The Morgan fingerprint density at radius 1 is 1.50 bits per heavy atom. The Balaban J connectivity index is 1.66. The number of fused-ring (bicyclic) bond motifs is 1. The van der Waals surface area contributed by atoms with Gasteiger partial charge in [-0.05, 0) is 49.8 Å². The Hall–Kier alpha value is -1.44. The van der Waals surface area contributed by atoms with E-state index < -0.39 is 0 Å². The van der Waals surface area contributed by atoms with E-state index in [1.165, 1.54) is 11.8 Å². The molecular weight excluding hydrogens is 390 g/mol. The molecular formula is C18H20ClN3O2S2. The molecule has 0 saturated heterocycles. The largest absolute Gasteiger partial charge is 0.349 e. The SMILES string of the molecule is CSc1nc(C)c(CCC(=O)NC2CCSc3ccc(Cl)cc32)c(=O)[nH]1. The maximum Gasteiger partial charge on any atom is 0.254 e. The Morgan fingerprint density at radius 2 is 2.31 bits per heavy atom. The van der Waals surface area contributed by atoms with Crippen LogP contribution >= 0.6 is 35.1 Å². The van der Waals surface area contributed by atoms with E-state index in [-0.39, 0.29) is 23.9 Å². The van der Waals surface area contributed by atoms with E-state index in [0.717, 1.165) is 22.6 Å². The molecule has 1 aliphatic heterocycles. The van der Waals surface area contributed by atoms with Crippen LogP contribution in [-0.2, 0) is 11.2 Å². The topological polar surface area (TPSA) is 74.8 Å². The van der Waals surface area contributed by atoms with Crippen LogP contribution in [0.3, 0.4) is 0 Å². The van der Waals surface area contributed by atoms with Gasteiger partial charge in [0, 0.05) is 33.3 Å². The summed E-state index contributed by atoms with van der Waals surface area (Å²) in [5.41, 5.74) is 2.15. The van der Waals surface area contributed by atoms with Crippen LogP contribution in [0.2, 0.25) is 5.02 Å². The lowest BCUT2D eigenvalue weighted by atomic mass is 10.0. The molecule has 0 aliphatic carbocycles. The van der Waals surface area contributed by atoms with Crippen LogP contribution in [0.15, 0.2) is 33.0 Å². The molecule has 1 aromatic heterocycles. The molecule has 26 heavy (non-hydrogen) atoms. The van der Waals surface area contributed by atoms with Crippen LogP contribution in [-0.4, -0.2) is 27.9 Å². The number of thioether (sulfide) groups is 2. The second-order valence-electron chi connectivity index (χ2n) is 6.08. The molecule has 3 rings (SSSR count). The van der Waals surface area contributed by atoms with Crippen molar-refractivity contribution in [3.63, 3.8) is 0 Å². The summed E-state index contributed by atoms with van der Waals surface area (Å²) in [6, 6.07) is 5.77. The van der Waals surface area contributed by atoms with Gasteiger partial charge in [0.25, 0.3) is 5.56 Å². The average Bonchev–Trinajstić information content (AvgIpc) is 2.61. The van der Waals surface area contributed by atoms with Gasteiger partial charge in [-0.25, -0.2) is 4.98 Å². The number of carbonyl (C=O) groups excluding carboxylic acids is 1. The van der Waals surface area contributed by atoms with Crippen LogP contribution in [0.4, 0.5) is 0 Å². The number of aromatic amines is 1. The number of rotatable bonds is 5. The Morgan fingerprint density at radius 3 is 3.04 bits per heavy atom. The fraction of sp³-hybridized carbons (Fsp3) is 0.389. The molecule has 0 radical (unpaired) electrons. The zero-order valence-corrected chi connectivity index (χ0v) is 17.0. The summed E-state index contributed by atoms with van der Waals surface area (Å²) in [6.07, 6.45) is 3.35. The van der Waals surface area contributed by atoms with Crippen LogP contribution in [0, 0.1) is 6.92 Å². The van der Waals surface area contributed by atoms with Gasteiger partial charge in [-0.15, -0.1) is 11.8 Å². The minimum absolute atomic E-state index is 0.0335. The molecule has 1 amide bonds. The first-order chi connectivity index (χ1) is 12.5. The number of aryl methyl sites for hydroxylation is 1. The monoisotopic (exact) mass is 409 g/mol. The Labute approximate surface area is 165 Å². The zero-order valence-electron chi connectivity index (χ0n) is 14.6. The number of carbonyl (C=O) groups is 1. The van der Waals surface area contributed by atoms with Crippen molar-refractivity contribution in [2.45, 2.75) is 42.3 Å². The van der Waals surface area contributed by atoms with Crippen molar-refractivity contribution in [2.75, 3.05) is 12.0 Å². The lowest BCUT2D eigenvalue weighted by Gasteiger charge is -2.26. The van der Waals surface area contributed by atoms with Gasteiger partial charge in [-0.1, -0.05) is 23.4 Å². The maximum absolute atomic E-state index is 12.4. The number of amides is 1. The summed E-state index contributed by atoms with van der Waals surface area (Å²) >= 11 is 9.28. The summed E-state index contributed by atoms with van der Waals surface area (Å²) in [5, 5.41) is 4.35. The minimum Gasteiger partial charge on any atom is -0.349 e. The summed E-state index contributed by atoms with van der Waals surface area (Å²) in [4.78, 5) is 32.8. The lowest BCUT2D eigenvalue weighted by Crippen LogP contribution is -2.31. The molecule has 2 heterocycles. The molecule has 0 bridgehead atoms. The highest BCUT2D eigenvalue weighted by Crippen LogP contribution is 2.37. The smallest absolute Gasteiger partial charge is 0.254 e. The number of nitrogens with one attached hydrogen (secondary N) is 2. The number of hydrogen-bond donors (Lipinski definition) is 2. The first kappa shape index (κ1) is 19.3. The van der Waals surface area contributed by atoms with E-state index >= 15 is 0 Å². The van der Waals surface area contributed by atoms with Crippen molar-refractivity contribution in [3.8, 4) is 0 Å². The third kappa shape index (κ3) is 4.45. The standard InChI is InChI=1S/C18H20ClN3O2S2/c1-10-12(17(24)22-18(20-10)25-2)4-6-16(23)21-14-7-8-26-15-5-3-11(19)9-13(14)15/h3,5,9,14H,4,6-8H2,1-2H3,(H,21,23)(H,20,22,24). The molecule has 0 fully saturated rings. The number of hydrogen-bond acceptors (Lipinski definition) is 5. The first-order valence-electron chi connectivity index (χ1n) is 8.33. The van der Waals surface area contributed by atoms with Crippen molar-refractivity contribution in [1.82, 2.24) is 15.3 Å². The molecule has 0 spiro atoms. The normalized spacial score (nSPS) is 16.2. The lowest BCUT2D eigenvalue weighted by molar-refractivity contribution is -0.121. The number of benzene rings is 1. The van der Waals surface area contributed by atoms with Crippen molar-refractivity contribution in [3.05, 3.63) is 50.4 Å². The number of nitrogens with zero attached hydrogens (tertiary/aromatic N) is 1. The van der Waals surface area contributed by atoms with Crippen molar-refractivity contribution < 1.29 is 4.79 Å². The fourth-order valence-electron chi connectivity index (χ4n) is 3.00. The van der Waals surface area contributed by atoms with Crippen molar-refractivity contribution in [2.24, 2.45) is 0 Å². The maximum atomic E-state index is 12.4. The average molecular weight is 410 g/mol. The Bertz CT molecular complexity index is 885. The quantitative estimate of drug-likeness (QED) is 0.581. The van der Waals surface area contributed by atoms with E-state index in [0.29, 0.717) is 27.9 Å². The van der Waals surface area contributed by atoms with Gasteiger partial charge in [-0.2, -0.15) is 0 Å². The fourth-order valence-corrected chi connectivity index (χ4v) is 4.71. The number of aromatic nitrogens is 2. The summed E-state index contributed by atoms with van der Waals surface area (Å²) in [5.74, 6) is 0.888. The van der Waals surface area contributed by atoms with Crippen LogP contribution in [0.25, 0.3) is 0 Å². The van der Waals surface area contributed by atoms with Gasteiger partial charge < -0.3 is 10.3 Å². The predicted octanol–water partition coefficient (Wildman–Crippen LogP) is 3.74. The number of halogens is 1. The highest BCUT2D eigenvalue weighted by atomic mass is 35.5. The molecule has 2 aromatic rings. The van der Waals surface area contributed by atoms with Gasteiger partial charge >= 0.3 is 0 Å². The second kappa shape index (κ2) is 8.50. The van der Waals surface area contributed by atoms with Gasteiger partial charge in [0.1, 0.15) is 0 Å². The second-order valence-corrected chi connectivity index (χ2v) is 8.45. The molecule has 138 valence electrons. The Kier molecular flexibility index (Phi) is 6.32. The van der Waals surface area contributed by atoms with Gasteiger partial charge in [0.15, 0.2) is 5.16 Å². The van der Waals surface area contributed by atoms with E-state index in [9.17, 15) is 9.59 Å². The molecule has 1 atom stereocenters. The molecule has 2 N–H and O–H groups in total. The number of H-pyrrole nitrogens is 1. The summed E-state index contributed by atoms with van der Waals surface area (Å²) < 4.78 is 0. The molecule has 1 aliphatic rings. The van der Waals surface area contributed by atoms with Crippen LogP contribution in [0.1, 0.15) is 35.7 Å². The highest BCUT2D eigenvalue weighted by Gasteiger charge is 2.22. The molecule has 8 heteroatoms. The van der Waals surface area contributed by atoms with Crippen molar-refractivity contribution in [1.29, 1.82) is 0 Å². The van der Waals surface area contributed by atoms with Crippen LogP contribution in [0.5, 0.6) is 0 Å². The summed E-state index contributed by atoms with van der Waals surface area (Å²) in [7, 11) is 0. The van der Waals surface area contributed by atoms with Gasteiger partial charge in [0.05, 0.1) is 6.04 Å². The van der Waals surface area contributed by atoms with Crippen LogP contribution < -0.4 is 10.9 Å². The van der Waals surface area contributed by atoms with E-state index in [4.69, 9.17) is 11.6 Å². The third-order valence-corrected chi connectivity index (χ3v) is 6.28. The molecule has 1 unspecified atom stereocenters. The molecule has 1 aromatic carbocycles. The zero-order chi connectivity index (χ0) is 18.7. The molecule has 5 nitrogen and oxygen atoms in total. The third-order valence-electron chi connectivity index (χ3n) is 4.34. The summed E-state index contributed by atoms with van der Waals surface area (Å²) in [6.45, 7) is 1.80. The molecule has 0 saturated carbocycles. The van der Waals surface area contributed by atoms with E-state index in [2.05, 4.69) is 15.3 Å². The highest BCUT2D eigenvalue weighted by molar-refractivity contribution is 7.99. The minimum atomic E-state index is -0.166. The van der Waals surface area contributed by atoms with Crippen molar-refractivity contribution >= 4 is 41.0 Å². The predicted molar refractivity (Wildman–Crippen MR) is 107 cm³/mol. The first-order valence-corrected chi connectivity index (χ1v) is 10.9. The van der Waals surface area contributed by atoms with E-state index in [1.54, 1.807) is 18.7 Å². The van der Waals surface area contributed by atoms with E-state index in [1.807, 2.05) is 24.5 Å². The van der Waals surface area contributed by atoms with Gasteiger partial charge in [-0.3, -0.25) is 9.59 Å².